The summed E-state index contributed by atoms with van der Waals surface area (Å²) >= 11 is 5.62. The molecule has 0 aliphatic rings. The monoisotopic (exact) mass is 248 g/mol. The van der Waals surface area contributed by atoms with Crippen LogP contribution < -0.4 is 0 Å². The van der Waals surface area contributed by atoms with Gasteiger partial charge in [0, 0.05) is 5.88 Å². The molecular formula is C14H29ClO. The maximum atomic E-state index is 9.37. The van der Waals surface area contributed by atoms with E-state index in [1.54, 1.807) is 0 Å². The van der Waals surface area contributed by atoms with Gasteiger partial charge < -0.3 is 5.11 Å². The van der Waals surface area contributed by atoms with Crippen LogP contribution in [0.25, 0.3) is 0 Å². The first-order valence-electron chi connectivity index (χ1n) is 7.05. The van der Waals surface area contributed by atoms with E-state index in [1.807, 2.05) is 6.92 Å². The molecule has 0 bridgehead atoms. The fourth-order valence-electron chi connectivity index (χ4n) is 1.92. The van der Waals surface area contributed by atoms with E-state index >= 15 is 0 Å². The molecule has 0 spiro atoms. The van der Waals surface area contributed by atoms with Gasteiger partial charge in [-0.15, -0.1) is 11.6 Å². The van der Waals surface area contributed by atoms with Gasteiger partial charge in [-0.05, 0) is 19.3 Å². The Labute approximate surface area is 107 Å². The molecule has 0 heterocycles. The summed E-state index contributed by atoms with van der Waals surface area (Å²) < 4.78 is 0. The Morgan fingerprint density at radius 2 is 1.25 bits per heavy atom. The zero-order valence-corrected chi connectivity index (χ0v) is 11.6. The number of hydrogen-bond acceptors (Lipinski definition) is 1. The molecule has 0 fully saturated rings. The molecule has 98 valence electrons. The number of alkyl halides is 1. The van der Waals surface area contributed by atoms with E-state index in [-0.39, 0.29) is 6.10 Å². The molecule has 1 N–H and O–H groups in total. The van der Waals surface area contributed by atoms with Gasteiger partial charge >= 0.3 is 0 Å². The van der Waals surface area contributed by atoms with Crippen LogP contribution in [0.5, 0.6) is 0 Å². The summed E-state index contributed by atoms with van der Waals surface area (Å²) in [4.78, 5) is 0. The predicted molar refractivity (Wildman–Crippen MR) is 73.2 cm³/mol. The molecular weight excluding hydrogens is 220 g/mol. The number of hydrogen-bond donors (Lipinski definition) is 1. The number of unbranched alkanes of at least 4 members (excludes halogenated alkanes) is 8. The highest BCUT2D eigenvalue weighted by Crippen LogP contribution is 2.12. The molecule has 0 aromatic carbocycles. The van der Waals surface area contributed by atoms with Gasteiger partial charge in [-0.25, -0.2) is 0 Å². The summed E-state index contributed by atoms with van der Waals surface area (Å²) in [7, 11) is 0. The van der Waals surface area contributed by atoms with E-state index in [1.165, 1.54) is 57.8 Å². The second kappa shape index (κ2) is 13.3. The van der Waals surface area contributed by atoms with Crippen molar-refractivity contribution in [2.24, 2.45) is 0 Å². The van der Waals surface area contributed by atoms with Crippen LogP contribution in [0.15, 0.2) is 0 Å². The topological polar surface area (TPSA) is 20.2 Å². The van der Waals surface area contributed by atoms with Crippen LogP contribution in [0.4, 0.5) is 0 Å². The third-order valence-electron chi connectivity index (χ3n) is 3.14. The molecule has 0 aliphatic heterocycles. The summed E-state index contributed by atoms with van der Waals surface area (Å²) in [5.41, 5.74) is 0. The number of halogens is 1. The van der Waals surface area contributed by atoms with Crippen LogP contribution >= 0.6 is 11.6 Å². The van der Waals surface area contributed by atoms with Crippen molar-refractivity contribution in [3.05, 3.63) is 0 Å². The molecule has 16 heavy (non-hydrogen) atoms. The lowest BCUT2D eigenvalue weighted by Gasteiger charge is -2.06. The fraction of sp³-hybridized carbons (Fsp3) is 1.00. The van der Waals surface area contributed by atoms with Gasteiger partial charge in [-0.3, -0.25) is 0 Å². The summed E-state index contributed by atoms with van der Waals surface area (Å²) in [5, 5.41) is 9.37. The molecule has 0 aliphatic carbocycles. The molecule has 0 rings (SSSR count). The molecule has 0 amide bonds. The highest BCUT2D eigenvalue weighted by Gasteiger charge is 1.99. The highest BCUT2D eigenvalue weighted by atomic mass is 35.5. The second-order valence-corrected chi connectivity index (χ2v) is 5.10. The quantitative estimate of drug-likeness (QED) is 0.385. The first kappa shape index (κ1) is 16.2. The van der Waals surface area contributed by atoms with Crippen LogP contribution in [0.3, 0.4) is 0 Å². The van der Waals surface area contributed by atoms with E-state index in [0.29, 0.717) is 0 Å². The Morgan fingerprint density at radius 3 is 1.69 bits per heavy atom. The van der Waals surface area contributed by atoms with E-state index in [4.69, 9.17) is 11.6 Å². The van der Waals surface area contributed by atoms with Gasteiger partial charge in [0.25, 0.3) is 0 Å². The summed E-state index contributed by atoms with van der Waals surface area (Å²) in [6.07, 6.45) is 13.6. The second-order valence-electron chi connectivity index (χ2n) is 4.72. The van der Waals surface area contributed by atoms with Crippen molar-refractivity contribution in [2.45, 2.75) is 83.7 Å². The van der Waals surface area contributed by atoms with Crippen molar-refractivity contribution in [1.29, 1.82) is 0 Å². The molecule has 0 saturated carbocycles. The minimum absolute atomic E-state index is 0.0597. The highest BCUT2D eigenvalue weighted by molar-refractivity contribution is 6.17. The van der Waals surface area contributed by atoms with E-state index in [2.05, 4.69) is 0 Å². The average Bonchev–Trinajstić information content (AvgIpc) is 2.31. The Hall–Kier alpha value is 0.250. The lowest BCUT2D eigenvalue weighted by atomic mass is 10.0. The number of rotatable bonds is 12. The van der Waals surface area contributed by atoms with Crippen molar-refractivity contribution in [2.75, 3.05) is 5.88 Å². The minimum atomic E-state index is -0.0597. The first-order chi connectivity index (χ1) is 7.81. The summed E-state index contributed by atoms with van der Waals surface area (Å²) in [6, 6.07) is 0. The maximum Gasteiger partial charge on any atom is 0.0537 e. The van der Waals surface area contributed by atoms with Gasteiger partial charge in [0.15, 0.2) is 0 Å². The van der Waals surface area contributed by atoms with Crippen LogP contribution in [0.2, 0.25) is 0 Å². The summed E-state index contributed by atoms with van der Waals surface area (Å²) in [6.45, 7) is 2.05. The molecule has 0 aromatic rings. The SMILES string of the molecule is CCC(O)CCCCCCCCCCCCl. The van der Waals surface area contributed by atoms with Crippen LogP contribution in [0.1, 0.15) is 77.6 Å². The van der Waals surface area contributed by atoms with E-state index in [0.717, 1.165) is 18.7 Å². The zero-order valence-electron chi connectivity index (χ0n) is 10.9. The molecule has 1 nitrogen and oxygen atoms in total. The first-order valence-corrected chi connectivity index (χ1v) is 7.58. The Kier molecular flexibility index (Phi) is 13.5. The third-order valence-corrected chi connectivity index (χ3v) is 3.41. The third kappa shape index (κ3) is 12.3. The summed E-state index contributed by atoms with van der Waals surface area (Å²) in [5.74, 6) is 0.819. The van der Waals surface area contributed by atoms with Gasteiger partial charge in [0.2, 0.25) is 0 Å². The van der Waals surface area contributed by atoms with Crippen molar-refractivity contribution in [3.8, 4) is 0 Å². The van der Waals surface area contributed by atoms with Crippen LogP contribution in [-0.2, 0) is 0 Å². The van der Waals surface area contributed by atoms with Gasteiger partial charge in [-0.2, -0.15) is 0 Å². The Bertz CT molecular complexity index is 128. The molecule has 1 unspecified atom stereocenters. The van der Waals surface area contributed by atoms with Gasteiger partial charge in [-0.1, -0.05) is 58.3 Å². The fourth-order valence-corrected chi connectivity index (χ4v) is 2.10. The molecule has 1 atom stereocenters. The Balaban J connectivity index is 2.93. The van der Waals surface area contributed by atoms with Crippen LogP contribution in [0, 0.1) is 0 Å². The van der Waals surface area contributed by atoms with Gasteiger partial charge in [0.05, 0.1) is 6.10 Å². The van der Waals surface area contributed by atoms with Crippen molar-refractivity contribution >= 4 is 11.6 Å². The Morgan fingerprint density at radius 1 is 0.812 bits per heavy atom. The largest absolute Gasteiger partial charge is 0.393 e. The smallest absolute Gasteiger partial charge is 0.0537 e. The lowest BCUT2D eigenvalue weighted by Crippen LogP contribution is -2.03. The van der Waals surface area contributed by atoms with Crippen molar-refractivity contribution in [3.63, 3.8) is 0 Å². The van der Waals surface area contributed by atoms with Gasteiger partial charge in [0.1, 0.15) is 0 Å². The van der Waals surface area contributed by atoms with Crippen molar-refractivity contribution < 1.29 is 5.11 Å². The normalized spacial score (nSPS) is 12.9. The standard InChI is InChI=1S/C14H29ClO/c1-2-14(16)12-10-8-6-4-3-5-7-9-11-13-15/h14,16H,2-13H2,1H3. The predicted octanol–water partition coefficient (Wildman–Crippen LogP) is 4.90. The number of aliphatic hydroxyl groups excluding tert-OH is 1. The lowest BCUT2D eigenvalue weighted by molar-refractivity contribution is 0.156. The van der Waals surface area contributed by atoms with Crippen LogP contribution in [-0.4, -0.2) is 17.1 Å². The minimum Gasteiger partial charge on any atom is -0.393 e. The molecule has 0 aromatic heterocycles. The number of aliphatic hydroxyl groups is 1. The van der Waals surface area contributed by atoms with E-state index in [9.17, 15) is 5.11 Å². The van der Waals surface area contributed by atoms with Crippen molar-refractivity contribution in [1.82, 2.24) is 0 Å². The maximum absolute atomic E-state index is 9.37. The average molecular weight is 249 g/mol. The zero-order chi connectivity index (χ0) is 12.1. The molecule has 0 radical (unpaired) electrons. The molecule has 2 heteroatoms. The van der Waals surface area contributed by atoms with E-state index < -0.39 is 0 Å². The molecule has 0 saturated heterocycles.